The number of hydrogen-bond donors (Lipinski definition) is 2. The molecule has 0 aliphatic rings. The number of aromatic nitrogens is 2. The van der Waals surface area contributed by atoms with E-state index in [1.54, 1.807) is 24.3 Å². The first-order valence-corrected chi connectivity index (χ1v) is 15.2. The van der Waals surface area contributed by atoms with Crippen LogP contribution in [0, 0.1) is 13.8 Å². The second-order valence-electron chi connectivity index (χ2n) is 11.4. The van der Waals surface area contributed by atoms with Gasteiger partial charge in [0, 0.05) is 57.4 Å². The number of ketones is 2. The summed E-state index contributed by atoms with van der Waals surface area (Å²) in [6, 6.07) is 29.1. The molecule has 0 amide bonds. The van der Waals surface area contributed by atoms with Gasteiger partial charge in [0.1, 0.15) is 11.5 Å². The standard InChI is InChI=1S/C38H36N2O4/c1-25-35(37(43)27-13-7-5-8-14-27)31-23-29(41)17-19-33(31)39(25)21-11-3-4-12-22-40-26(2)36(32-24-30(42)18-20-34(32)40)38(44)28-15-9-6-10-16-28/h5-10,13-20,23-24,41-42H,3-4,11-12,21-22H2,1-2H3. The van der Waals surface area contributed by atoms with Gasteiger partial charge in [-0.15, -0.1) is 0 Å². The van der Waals surface area contributed by atoms with Crippen LogP contribution in [0.4, 0.5) is 0 Å². The molecule has 0 saturated heterocycles. The van der Waals surface area contributed by atoms with Crippen LogP contribution in [0.5, 0.6) is 11.5 Å². The van der Waals surface area contributed by atoms with Crippen LogP contribution in [-0.4, -0.2) is 30.9 Å². The van der Waals surface area contributed by atoms with Crippen LogP contribution < -0.4 is 0 Å². The smallest absolute Gasteiger partial charge is 0.195 e. The van der Waals surface area contributed by atoms with Gasteiger partial charge in [0.05, 0.1) is 11.1 Å². The lowest BCUT2D eigenvalue weighted by molar-refractivity contribution is 0.103. The van der Waals surface area contributed by atoms with Crippen LogP contribution in [-0.2, 0) is 13.1 Å². The SMILES string of the molecule is Cc1c(C(=O)c2ccccc2)c2cc(O)ccc2n1CCCCCCn1c(C)c(C(=O)c2ccccc2)c2cc(O)ccc21. The van der Waals surface area contributed by atoms with Crippen molar-refractivity contribution >= 4 is 33.4 Å². The normalized spacial score (nSPS) is 11.4. The Morgan fingerprint density at radius 1 is 0.545 bits per heavy atom. The van der Waals surface area contributed by atoms with Gasteiger partial charge in [-0.2, -0.15) is 0 Å². The molecule has 0 aliphatic heterocycles. The van der Waals surface area contributed by atoms with Gasteiger partial charge in [0.2, 0.25) is 0 Å². The van der Waals surface area contributed by atoms with Crippen molar-refractivity contribution in [2.75, 3.05) is 0 Å². The molecule has 2 aromatic heterocycles. The molecule has 0 radical (unpaired) electrons. The molecule has 6 aromatic rings. The Balaban J connectivity index is 1.16. The number of carbonyl (C=O) groups is 2. The van der Waals surface area contributed by atoms with Crippen LogP contribution in [0.15, 0.2) is 97.1 Å². The maximum atomic E-state index is 13.5. The van der Waals surface area contributed by atoms with E-state index in [1.807, 2.05) is 86.6 Å². The number of benzene rings is 4. The number of fused-ring (bicyclic) bond motifs is 2. The van der Waals surface area contributed by atoms with Crippen molar-refractivity contribution < 1.29 is 19.8 Å². The third kappa shape index (κ3) is 5.39. The van der Waals surface area contributed by atoms with Gasteiger partial charge in [-0.1, -0.05) is 73.5 Å². The maximum absolute atomic E-state index is 13.5. The number of nitrogens with zero attached hydrogens (tertiary/aromatic N) is 2. The Morgan fingerprint density at radius 2 is 0.932 bits per heavy atom. The zero-order valence-electron chi connectivity index (χ0n) is 25.1. The molecule has 0 saturated carbocycles. The van der Waals surface area contributed by atoms with Gasteiger partial charge in [-0.3, -0.25) is 9.59 Å². The lowest BCUT2D eigenvalue weighted by Gasteiger charge is -2.11. The number of aryl methyl sites for hydroxylation is 2. The van der Waals surface area contributed by atoms with Gasteiger partial charge in [-0.05, 0) is 63.1 Å². The zero-order chi connectivity index (χ0) is 30.8. The first-order chi connectivity index (χ1) is 21.3. The Morgan fingerprint density at radius 3 is 1.32 bits per heavy atom. The molecule has 6 nitrogen and oxygen atoms in total. The first kappa shape index (κ1) is 29.0. The molecule has 6 heteroatoms. The molecule has 0 fully saturated rings. The van der Waals surface area contributed by atoms with E-state index in [2.05, 4.69) is 9.13 Å². The number of unbranched alkanes of at least 4 members (excludes halogenated alkanes) is 3. The highest BCUT2D eigenvalue weighted by molar-refractivity contribution is 6.18. The quantitative estimate of drug-likeness (QED) is 0.118. The molecule has 2 heterocycles. The minimum atomic E-state index is -0.0368. The fraction of sp³-hybridized carbons (Fsp3) is 0.211. The molecule has 0 spiro atoms. The lowest BCUT2D eigenvalue weighted by atomic mass is 10.0. The summed E-state index contributed by atoms with van der Waals surface area (Å²) in [6.45, 7) is 5.52. The highest BCUT2D eigenvalue weighted by Crippen LogP contribution is 2.33. The first-order valence-electron chi connectivity index (χ1n) is 15.2. The molecule has 44 heavy (non-hydrogen) atoms. The van der Waals surface area contributed by atoms with Crippen molar-refractivity contribution in [3.63, 3.8) is 0 Å². The molecular formula is C38H36N2O4. The van der Waals surface area contributed by atoms with Gasteiger partial charge in [0.25, 0.3) is 0 Å². The zero-order valence-corrected chi connectivity index (χ0v) is 25.1. The number of carbonyl (C=O) groups excluding carboxylic acids is 2. The summed E-state index contributed by atoms with van der Waals surface area (Å²) in [5.41, 5.74) is 6.28. The van der Waals surface area contributed by atoms with Crippen LogP contribution in [0.3, 0.4) is 0 Å². The van der Waals surface area contributed by atoms with Gasteiger partial charge < -0.3 is 19.3 Å². The van der Waals surface area contributed by atoms with E-state index in [4.69, 9.17) is 0 Å². The molecule has 0 atom stereocenters. The molecule has 4 aromatic carbocycles. The number of hydrogen-bond acceptors (Lipinski definition) is 4. The molecular weight excluding hydrogens is 548 g/mol. The van der Waals surface area contributed by atoms with Gasteiger partial charge >= 0.3 is 0 Å². The van der Waals surface area contributed by atoms with E-state index >= 15 is 0 Å². The Kier molecular flexibility index (Phi) is 8.07. The van der Waals surface area contributed by atoms with Crippen molar-refractivity contribution in [1.82, 2.24) is 9.13 Å². The summed E-state index contributed by atoms with van der Waals surface area (Å²) in [5.74, 6) is 0.220. The van der Waals surface area contributed by atoms with Crippen molar-refractivity contribution in [3.8, 4) is 11.5 Å². The maximum Gasteiger partial charge on any atom is 0.195 e. The van der Waals surface area contributed by atoms with Crippen molar-refractivity contribution in [2.24, 2.45) is 0 Å². The topological polar surface area (TPSA) is 84.5 Å². The summed E-state index contributed by atoms with van der Waals surface area (Å²) in [4.78, 5) is 27.0. The third-order valence-electron chi connectivity index (χ3n) is 8.65. The summed E-state index contributed by atoms with van der Waals surface area (Å²) < 4.78 is 4.39. The number of phenolic OH excluding ortho intramolecular Hbond substituents is 2. The van der Waals surface area contributed by atoms with Crippen molar-refractivity contribution in [3.05, 3.63) is 131 Å². The predicted molar refractivity (Wildman–Crippen MR) is 175 cm³/mol. The second-order valence-corrected chi connectivity index (χ2v) is 11.4. The van der Waals surface area contributed by atoms with Gasteiger partial charge in [0.15, 0.2) is 11.6 Å². The summed E-state index contributed by atoms with van der Waals surface area (Å²) >= 11 is 0. The predicted octanol–water partition coefficient (Wildman–Crippen LogP) is 8.35. The Labute approximate surface area is 256 Å². The summed E-state index contributed by atoms with van der Waals surface area (Å²) in [5, 5.41) is 22.0. The molecule has 6 rings (SSSR count). The second kappa shape index (κ2) is 12.3. The molecule has 0 bridgehead atoms. The monoisotopic (exact) mass is 584 g/mol. The summed E-state index contributed by atoms with van der Waals surface area (Å²) in [7, 11) is 0. The highest BCUT2D eigenvalue weighted by atomic mass is 16.3. The average molecular weight is 585 g/mol. The molecule has 0 aliphatic carbocycles. The van der Waals surface area contributed by atoms with E-state index in [9.17, 15) is 19.8 Å². The third-order valence-corrected chi connectivity index (χ3v) is 8.65. The van der Waals surface area contributed by atoms with Crippen molar-refractivity contribution in [2.45, 2.75) is 52.6 Å². The number of rotatable bonds is 11. The van der Waals surface area contributed by atoms with Crippen LogP contribution in [0.1, 0.15) is 68.9 Å². The largest absolute Gasteiger partial charge is 0.508 e. The van der Waals surface area contributed by atoms with Gasteiger partial charge in [-0.25, -0.2) is 0 Å². The molecule has 2 N–H and O–H groups in total. The van der Waals surface area contributed by atoms with E-state index in [0.29, 0.717) is 22.3 Å². The van der Waals surface area contributed by atoms with E-state index in [0.717, 1.165) is 72.0 Å². The average Bonchev–Trinajstić information content (AvgIpc) is 3.47. The van der Waals surface area contributed by atoms with Crippen molar-refractivity contribution in [1.29, 1.82) is 0 Å². The Hall–Kier alpha value is -5.10. The minimum Gasteiger partial charge on any atom is -0.508 e. The number of aromatic hydroxyl groups is 2. The van der Waals surface area contributed by atoms with E-state index < -0.39 is 0 Å². The fourth-order valence-electron chi connectivity index (χ4n) is 6.45. The Bertz CT molecular complexity index is 1840. The minimum absolute atomic E-state index is 0.0368. The number of phenols is 2. The van der Waals surface area contributed by atoms with Crippen LogP contribution in [0.2, 0.25) is 0 Å². The van der Waals surface area contributed by atoms with E-state index in [1.165, 1.54) is 0 Å². The molecule has 0 unspecified atom stereocenters. The fourth-order valence-corrected chi connectivity index (χ4v) is 6.45. The van der Waals surface area contributed by atoms with E-state index in [-0.39, 0.29) is 23.1 Å². The van der Waals surface area contributed by atoms with Crippen LogP contribution >= 0.6 is 0 Å². The summed E-state index contributed by atoms with van der Waals surface area (Å²) in [6.07, 6.45) is 3.91. The van der Waals surface area contributed by atoms with Crippen LogP contribution in [0.25, 0.3) is 21.8 Å². The lowest BCUT2D eigenvalue weighted by Crippen LogP contribution is -2.06. The highest BCUT2D eigenvalue weighted by Gasteiger charge is 2.23. The molecule has 222 valence electrons.